The third-order valence-corrected chi connectivity index (χ3v) is 8.68. The van der Waals surface area contributed by atoms with Crippen LogP contribution in [-0.4, -0.2) is 23.9 Å². The highest BCUT2D eigenvalue weighted by Crippen LogP contribution is 2.43. The van der Waals surface area contributed by atoms with E-state index < -0.39 is 0 Å². The van der Waals surface area contributed by atoms with E-state index in [2.05, 4.69) is 40.8 Å². The number of allylic oxidation sites excluding steroid dienone is 1. The Labute approximate surface area is 231 Å². The molecule has 1 aliphatic carbocycles. The van der Waals surface area contributed by atoms with Gasteiger partial charge < -0.3 is 14.6 Å². The van der Waals surface area contributed by atoms with Crippen molar-refractivity contribution in [2.24, 2.45) is 4.99 Å². The molecule has 6 rings (SSSR count). The van der Waals surface area contributed by atoms with Gasteiger partial charge in [0, 0.05) is 11.1 Å². The summed E-state index contributed by atoms with van der Waals surface area (Å²) < 4.78 is 14.1. The van der Waals surface area contributed by atoms with Crippen LogP contribution in [0.5, 0.6) is 17.2 Å². The number of phenols is 1. The molecule has 0 unspecified atom stereocenters. The molecule has 0 spiro atoms. The van der Waals surface area contributed by atoms with E-state index in [0.29, 0.717) is 18.7 Å². The first-order valence-corrected chi connectivity index (χ1v) is 13.7. The fourth-order valence-corrected chi connectivity index (χ4v) is 6.80. The number of aromatic hydroxyl groups is 1. The fourth-order valence-electron chi connectivity index (χ4n) is 5.18. The molecule has 1 N–H and O–H groups in total. The minimum absolute atomic E-state index is 0.0872. The van der Waals surface area contributed by atoms with Gasteiger partial charge in [0.15, 0.2) is 16.3 Å². The van der Waals surface area contributed by atoms with Crippen LogP contribution in [0.1, 0.15) is 34.7 Å². The Hall–Kier alpha value is -3.37. The SMILES string of the molecule is COc1ccccc1[C@@H]1C2=C(N=c3s/c(=C\c4cc(I)c(O)c(OC)c4)c(=O)n31)c1ccccc1CC2. The standard InChI is InChI=1S/C29H23IN2O4S/c1-35-22-10-6-5-9-19(22)26-20-12-11-17-7-3-4-8-18(17)25(20)31-29-32(26)28(34)24(37-29)15-16-13-21(30)27(33)23(14-16)36-2/h3-10,13-15,26,33H,11-12H2,1-2H3/b24-15-/t26-/m1/s1. The maximum absolute atomic E-state index is 14.0. The summed E-state index contributed by atoms with van der Waals surface area (Å²) in [6.45, 7) is 0. The van der Waals surface area contributed by atoms with E-state index in [1.165, 1.54) is 24.0 Å². The first kappa shape index (κ1) is 24.0. The lowest BCUT2D eigenvalue weighted by atomic mass is 9.83. The quantitative estimate of drug-likeness (QED) is 0.337. The second-order valence-electron chi connectivity index (χ2n) is 8.91. The highest BCUT2D eigenvalue weighted by molar-refractivity contribution is 14.1. The zero-order valence-corrected chi connectivity index (χ0v) is 23.2. The second kappa shape index (κ2) is 9.50. The van der Waals surface area contributed by atoms with E-state index in [9.17, 15) is 9.90 Å². The molecule has 8 heteroatoms. The Morgan fingerprint density at radius 3 is 2.62 bits per heavy atom. The van der Waals surface area contributed by atoms with Gasteiger partial charge in [0.25, 0.3) is 5.56 Å². The predicted molar refractivity (Wildman–Crippen MR) is 153 cm³/mol. The van der Waals surface area contributed by atoms with Crippen molar-refractivity contribution in [1.29, 1.82) is 0 Å². The fraction of sp³-hybridized carbons (Fsp3) is 0.172. The lowest BCUT2D eigenvalue weighted by Crippen LogP contribution is -2.39. The Kier molecular flexibility index (Phi) is 6.16. The van der Waals surface area contributed by atoms with Gasteiger partial charge in [0.1, 0.15) is 5.75 Å². The van der Waals surface area contributed by atoms with Gasteiger partial charge in [-0.3, -0.25) is 9.36 Å². The maximum atomic E-state index is 14.0. The van der Waals surface area contributed by atoms with E-state index in [4.69, 9.17) is 14.5 Å². The average molecular weight is 622 g/mol. The minimum Gasteiger partial charge on any atom is -0.504 e. The number of methoxy groups -OCH3 is 2. The molecule has 2 aliphatic rings. The lowest BCUT2D eigenvalue weighted by molar-refractivity contribution is 0.371. The molecule has 0 saturated heterocycles. The van der Waals surface area contributed by atoms with Crippen molar-refractivity contribution in [3.8, 4) is 17.2 Å². The Balaban J connectivity index is 1.63. The molecule has 37 heavy (non-hydrogen) atoms. The van der Waals surface area contributed by atoms with Crippen molar-refractivity contribution in [2.45, 2.75) is 18.9 Å². The summed E-state index contributed by atoms with van der Waals surface area (Å²) in [4.78, 5) is 19.7. The number of nitrogens with zero attached hydrogens (tertiary/aromatic N) is 2. The number of benzene rings is 3. The molecule has 4 aromatic rings. The zero-order valence-electron chi connectivity index (χ0n) is 20.2. The molecule has 186 valence electrons. The van der Waals surface area contributed by atoms with Gasteiger partial charge in [-0.05, 0) is 76.4 Å². The predicted octanol–water partition coefficient (Wildman–Crippen LogP) is 4.65. The maximum Gasteiger partial charge on any atom is 0.271 e. The number of ether oxygens (including phenoxy) is 2. The zero-order chi connectivity index (χ0) is 25.7. The second-order valence-corrected chi connectivity index (χ2v) is 11.1. The number of halogens is 1. The van der Waals surface area contributed by atoms with Crippen molar-refractivity contribution in [3.05, 3.63) is 112 Å². The van der Waals surface area contributed by atoms with Crippen molar-refractivity contribution >= 4 is 45.7 Å². The molecule has 3 aromatic carbocycles. The normalized spacial score (nSPS) is 16.5. The Bertz CT molecular complexity index is 1770. The van der Waals surface area contributed by atoms with Gasteiger partial charge in [-0.2, -0.15) is 0 Å². The van der Waals surface area contributed by atoms with Crippen LogP contribution in [0.4, 0.5) is 0 Å². The molecule has 6 nitrogen and oxygen atoms in total. The highest BCUT2D eigenvalue weighted by Gasteiger charge is 2.34. The van der Waals surface area contributed by atoms with E-state index in [1.54, 1.807) is 13.2 Å². The summed E-state index contributed by atoms with van der Waals surface area (Å²) in [6, 6.07) is 19.5. The topological polar surface area (TPSA) is 73.1 Å². The van der Waals surface area contributed by atoms with Crippen LogP contribution in [0.2, 0.25) is 0 Å². The van der Waals surface area contributed by atoms with Gasteiger partial charge in [0.2, 0.25) is 0 Å². The third-order valence-electron chi connectivity index (χ3n) is 6.87. The summed E-state index contributed by atoms with van der Waals surface area (Å²) >= 11 is 3.43. The van der Waals surface area contributed by atoms with Gasteiger partial charge in [0.05, 0.1) is 34.1 Å². The van der Waals surface area contributed by atoms with Gasteiger partial charge in [-0.25, -0.2) is 4.99 Å². The molecule has 1 aromatic heterocycles. The largest absolute Gasteiger partial charge is 0.504 e. The molecule has 1 aliphatic heterocycles. The van der Waals surface area contributed by atoms with E-state index in [0.717, 1.165) is 46.6 Å². The van der Waals surface area contributed by atoms with Crippen molar-refractivity contribution < 1.29 is 14.6 Å². The van der Waals surface area contributed by atoms with Crippen LogP contribution in [-0.2, 0) is 6.42 Å². The average Bonchev–Trinajstić information content (AvgIpc) is 3.23. The summed E-state index contributed by atoms with van der Waals surface area (Å²) in [7, 11) is 3.17. The van der Waals surface area contributed by atoms with Gasteiger partial charge in [-0.1, -0.05) is 53.8 Å². The lowest BCUT2D eigenvalue weighted by Gasteiger charge is -2.31. The minimum atomic E-state index is -0.313. The first-order chi connectivity index (χ1) is 18.0. The van der Waals surface area contributed by atoms with E-state index >= 15 is 0 Å². The first-order valence-electron chi connectivity index (χ1n) is 11.8. The number of thiazole rings is 1. The Morgan fingerprint density at radius 1 is 1.05 bits per heavy atom. The molecule has 0 saturated carbocycles. The Morgan fingerprint density at radius 2 is 1.81 bits per heavy atom. The van der Waals surface area contributed by atoms with Gasteiger partial charge >= 0.3 is 0 Å². The number of para-hydroxylation sites is 1. The summed E-state index contributed by atoms with van der Waals surface area (Å²) in [5.41, 5.74) is 6.09. The summed E-state index contributed by atoms with van der Waals surface area (Å²) in [6.07, 6.45) is 3.55. The molecule has 0 fully saturated rings. The number of fused-ring (bicyclic) bond motifs is 3. The third kappa shape index (κ3) is 3.99. The molecule has 0 radical (unpaired) electrons. The van der Waals surface area contributed by atoms with Crippen LogP contribution in [0, 0.1) is 3.57 Å². The monoisotopic (exact) mass is 622 g/mol. The smallest absolute Gasteiger partial charge is 0.271 e. The van der Waals surface area contributed by atoms with Crippen LogP contribution < -0.4 is 24.4 Å². The van der Waals surface area contributed by atoms with Crippen LogP contribution in [0.15, 0.2) is 76.0 Å². The molecule has 2 heterocycles. The van der Waals surface area contributed by atoms with Crippen LogP contribution in [0.25, 0.3) is 11.8 Å². The number of aryl methyl sites for hydroxylation is 1. The molecule has 0 amide bonds. The highest BCUT2D eigenvalue weighted by atomic mass is 127. The van der Waals surface area contributed by atoms with Crippen molar-refractivity contribution in [1.82, 2.24) is 4.57 Å². The number of rotatable bonds is 4. The van der Waals surface area contributed by atoms with E-state index in [-0.39, 0.29) is 17.4 Å². The summed E-state index contributed by atoms with van der Waals surface area (Å²) in [5.74, 6) is 1.20. The number of phenolic OH excluding ortho intramolecular Hbond substituents is 1. The van der Waals surface area contributed by atoms with E-state index in [1.807, 2.05) is 47.0 Å². The van der Waals surface area contributed by atoms with Crippen LogP contribution >= 0.6 is 33.9 Å². The number of hydrogen-bond donors (Lipinski definition) is 1. The van der Waals surface area contributed by atoms with Gasteiger partial charge in [-0.15, -0.1) is 0 Å². The number of hydrogen-bond acceptors (Lipinski definition) is 6. The van der Waals surface area contributed by atoms with Crippen molar-refractivity contribution in [3.63, 3.8) is 0 Å². The molecular weight excluding hydrogens is 599 g/mol. The molecule has 0 bridgehead atoms. The van der Waals surface area contributed by atoms with Crippen LogP contribution in [0.3, 0.4) is 0 Å². The number of aromatic nitrogens is 1. The van der Waals surface area contributed by atoms with Crippen molar-refractivity contribution in [2.75, 3.05) is 14.2 Å². The molecular formula is C29H23IN2O4S. The summed E-state index contributed by atoms with van der Waals surface area (Å²) in [5, 5.41) is 10.2. The molecule has 1 atom stereocenters.